The number of nitrogens with zero attached hydrogens (tertiary/aromatic N) is 1. The van der Waals surface area contributed by atoms with Crippen LogP contribution in [-0.4, -0.2) is 35.2 Å². The number of aryl methyl sites for hydroxylation is 1. The zero-order chi connectivity index (χ0) is 13.8. The van der Waals surface area contributed by atoms with Crippen molar-refractivity contribution in [2.24, 2.45) is 0 Å². The minimum atomic E-state index is -0.436. The summed E-state index contributed by atoms with van der Waals surface area (Å²) >= 11 is 0. The van der Waals surface area contributed by atoms with Crippen LogP contribution in [0.15, 0.2) is 12.3 Å². The fourth-order valence-corrected chi connectivity index (χ4v) is 2.47. The van der Waals surface area contributed by atoms with Crippen molar-refractivity contribution in [1.82, 2.24) is 10.3 Å². The number of aliphatic hydroxyl groups is 1. The molecule has 5 nitrogen and oxygen atoms in total. The largest absolute Gasteiger partial charge is 0.391 e. The number of rotatable bonds is 3. The second-order valence-corrected chi connectivity index (χ2v) is 5.05. The molecule has 0 spiro atoms. The van der Waals surface area contributed by atoms with E-state index in [0.717, 1.165) is 37.1 Å². The number of hydrogen-bond acceptors (Lipinski definition) is 4. The molecular weight excluding hydrogens is 242 g/mol. The number of anilines is 1. The summed E-state index contributed by atoms with van der Waals surface area (Å²) in [6.45, 7) is 1.88. The molecule has 0 bridgehead atoms. The molecule has 1 aromatic heterocycles. The summed E-state index contributed by atoms with van der Waals surface area (Å²) in [7, 11) is 1.78. The van der Waals surface area contributed by atoms with E-state index in [4.69, 9.17) is 0 Å². The van der Waals surface area contributed by atoms with Gasteiger partial charge in [0.25, 0.3) is 5.91 Å². The van der Waals surface area contributed by atoms with Crippen LogP contribution in [0, 0.1) is 6.92 Å². The van der Waals surface area contributed by atoms with E-state index >= 15 is 0 Å². The Kier molecular flexibility index (Phi) is 4.37. The molecule has 0 aromatic carbocycles. The lowest BCUT2D eigenvalue weighted by Crippen LogP contribution is -2.45. The average Bonchev–Trinajstić information content (AvgIpc) is 2.41. The highest BCUT2D eigenvalue weighted by atomic mass is 16.3. The molecule has 1 fully saturated rings. The van der Waals surface area contributed by atoms with E-state index in [1.165, 1.54) is 0 Å². The van der Waals surface area contributed by atoms with Gasteiger partial charge < -0.3 is 15.7 Å². The van der Waals surface area contributed by atoms with E-state index < -0.39 is 6.10 Å². The Morgan fingerprint density at radius 1 is 1.42 bits per heavy atom. The number of carbonyl (C=O) groups is 1. The topological polar surface area (TPSA) is 74.2 Å². The Balaban J connectivity index is 2.11. The fraction of sp³-hybridized carbons (Fsp3) is 0.571. The van der Waals surface area contributed by atoms with Gasteiger partial charge in [-0.1, -0.05) is 12.8 Å². The summed E-state index contributed by atoms with van der Waals surface area (Å²) in [6, 6.07) is 1.69. The zero-order valence-corrected chi connectivity index (χ0v) is 11.4. The Morgan fingerprint density at radius 2 is 2.16 bits per heavy atom. The van der Waals surface area contributed by atoms with E-state index in [9.17, 15) is 9.90 Å². The SMILES string of the molecule is CNc1cc(C)ncc1C(=O)NC1CCCCC1O. The molecular formula is C14H21N3O2. The standard InChI is InChI=1S/C14H21N3O2/c1-9-7-12(15-2)10(8-16-9)14(19)17-11-5-3-4-6-13(11)18/h7-8,11,13,18H,3-6H2,1-2H3,(H,15,16)(H,17,19). The lowest BCUT2D eigenvalue weighted by Gasteiger charge is -2.28. The van der Waals surface area contributed by atoms with Gasteiger partial charge in [-0.05, 0) is 25.8 Å². The van der Waals surface area contributed by atoms with Gasteiger partial charge in [-0.3, -0.25) is 9.78 Å². The van der Waals surface area contributed by atoms with Crippen LogP contribution in [-0.2, 0) is 0 Å². The molecule has 0 saturated heterocycles. The van der Waals surface area contributed by atoms with Crippen molar-refractivity contribution in [2.45, 2.75) is 44.8 Å². The van der Waals surface area contributed by atoms with Gasteiger partial charge in [-0.2, -0.15) is 0 Å². The maximum absolute atomic E-state index is 12.2. The smallest absolute Gasteiger partial charge is 0.255 e. The van der Waals surface area contributed by atoms with Crippen LogP contribution >= 0.6 is 0 Å². The third-order valence-corrected chi connectivity index (χ3v) is 3.60. The summed E-state index contributed by atoms with van der Waals surface area (Å²) in [5.74, 6) is -0.178. The third-order valence-electron chi connectivity index (χ3n) is 3.60. The quantitative estimate of drug-likeness (QED) is 0.772. The van der Waals surface area contributed by atoms with Gasteiger partial charge in [0.2, 0.25) is 0 Å². The average molecular weight is 263 g/mol. The van der Waals surface area contributed by atoms with Gasteiger partial charge >= 0.3 is 0 Å². The Bertz CT molecular complexity index is 462. The normalized spacial score (nSPS) is 22.9. The highest BCUT2D eigenvalue weighted by molar-refractivity contribution is 5.99. The first-order chi connectivity index (χ1) is 9.11. The summed E-state index contributed by atoms with van der Waals surface area (Å²) in [4.78, 5) is 16.4. The Labute approximate surface area is 113 Å². The summed E-state index contributed by atoms with van der Waals surface area (Å²) < 4.78 is 0. The molecule has 3 N–H and O–H groups in total. The minimum absolute atomic E-state index is 0.146. The van der Waals surface area contributed by atoms with Crippen molar-refractivity contribution in [1.29, 1.82) is 0 Å². The van der Waals surface area contributed by atoms with E-state index in [2.05, 4.69) is 15.6 Å². The molecule has 1 aliphatic carbocycles. The lowest BCUT2D eigenvalue weighted by molar-refractivity contribution is 0.0717. The van der Waals surface area contributed by atoms with Crippen molar-refractivity contribution in [3.63, 3.8) is 0 Å². The zero-order valence-electron chi connectivity index (χ0n) is 11.4. The maximum Gasteiger partial charge on any atom is 0.255 e. The molecule has 2 unspecified atom stereocenters. The van der Waals surface area contributed by atoms with Crippen molar-refractivity contribution in [3.8, 4) is 0 Å². The van der Waals surface area contributed by atoms with Crippen LogP contribution in [0.2, 0.25) is 0 Å². The van der Waals surface area contributed by atoms with E-state index in [1.54, 1.807) is 13.2 Å². The number of aromatic nitrogens is 1. The highest BCUT2D eigenvalue weighted by Crippen LogP contribution is 2.20. The molecule has 104 valence electrons. The Hall–Kier alpha value is -1.62. The van der Waals surface area contributed by atoms with Gasteiger partial charge in [0.05, 0.1) is 23.4 Å². The monoisotopic (exact) mass is 263 g/mol. The molecule has 0 radical (unpaired) electrons. The van der Waals surface area contributed by atoms with Gasteiger partial charge in [0.1, 0.15) is 0 Å². The molecule has 1 saturated carbocycles. The minimum Gasteiger partial charge on any atom is -0.391 e. The maximum atomic E-state index is 12.2. The summed E-state index contributed by atoms with van der Waals surface area (Å²) in [5.41, 5.74) is 2.14. The molecule has 1 aromatic rings. The number of aliphatic hydroxyl groups excluding tert-OH is 1. The molecule has 1 amide bonds. The predicted molar refractivity (Wildman–Crippen MR) is 74.2 cm³/mol. The second kappa shape index (κ2) is 6.02. The predicted octanol–water partition coefficient (Wildman–Crippen LogP) is 1.47. The summed E-state index contributed by atoms with van der Waals surface area (Å²) in [6.07, 6.45) is 4.81. The number of hydrogen-bond donors (Lipinski definition) is 3. The second-order valence-electron chi connectivity index (χ2n) is 5.05. The van der Waals surface area contributed by atoms with Gasteiger partial charge in [-0.15, -0.1) is 0 Å². The van der Waals surface area contributed by atoms with E-state index in [0.29, 0.717) is 5.56 Å². The van der Waals surface area contributed by atoms with E-state index in [1.807, 2.05) is 13.0 Å². The fourth-order valence-electron chi connectivity index (χ4n) is 2.47. The molecule has 1 aliphatic rings. The number of nitrogens with one attached hydrogen (secondary N) is 2. The molecule has 19 heavy (non-hydrogen) atoms. The first-order valence-corrected chi connectivity index (χ1v) is 6.75. The van der Waals surface area contributed by atoms with Crippen LogP contribution in [0.25, 0.3) is 0 Å². The van der Waals surface area contributed by atoms with Crippen molar-refractivity contribution >= 4 is 11.6 Å². The lowest BCUT2D eigenvalue weighted by atomic mass is 9.92. The number of amides is 1. The van der Waals surface area contributed by atoms with E-state index in [-0.39, 0.29) is 11.9 Å². The van der Waals surface area contributed by atoms with Crippen LogP contribution in [0.5, 0.6) is 0 Å². The Morgan fingerprint density at radius 3 is 2.84 bits per heavy atom. The molecule has 0 aliphatic heterocycles. The number of pyridine rings is 1. The van der Waals surface area contributed by atoms with Crippen molar-refractivity contribution in [2.75, 3.05) is 12.4 Å². The van der Waals surface area contributed by atoms with Gasteiger partial charge in [0.15, 0.2) is 0 Å². The first kappa shape index (κ1) is 13.8. The van der Waals surface area contributed by atoms with Crippen molar-refractivity contribution < 1.29 is 9.90 Å². The van der Waals surface area contributed by atoms with Crippen LogP contribution in [0.4, 0.5) is 5.69 Å². The number of carbonyl (C=O) groups excluding carboxylic acids is 1. The van der Waals surface area contributed by atoms with Crippen LogP contribution in [0.1, 0.15) is 41.7 Å². The summed E-state index contributed by atoms with van der Waals surface area (Å²) in [5, 5.41) is 15.8. The first-order valence-electron chi connectivity index (χ1n) is 6.75. The molecule has 2 atom stereocenters. The third kappa shape index (κ3) is 3.23. The van der Waals surface area contributed by atoms with Crippen molar-refractivity contribution in [3.05, 3.63) is 23.5 Å². The molecule has 1 heterocycles. The van der Waals surface area contributed by atoms with Crippen LogP contribution in [0.3, 0.4) is 0 Å². The van der Waals surface area contributed by atoms with Gasteiger partial charge in [0, 0.05) is 18.9 Å². The van der Waals surface area contributed by atoms with Crippen LogP contribution < -0.4 is 10.6 Å². The highest BCUT2D eigenvalue weighted by Gasteiger charge is 2.25. The molecule has 5 heteroatoms. The van der Waals surface area contributed by atoms with Gasteiger partial charge in [-0.25, -0.2) is 0 Å². The molecule has 2 rings (SSSR count).